The van der Waals surface area contributed by atoms with Gasteiger partial charge >= 0.3 is 0 Å². The molecular weight excluding hydrogens is 436 g/mol. The second-order valence-electron chi connectivity index (χ2n) is 9.27. The number of rotatable bonds is 9. The van der Waals surface area contributed by atoms with Gasteiger partial charge in [-0.1, -0.05) is 56.0 Å². The number of ether oxygens (including phenoxy) is 1. The number of hydrogen-bond donors (Lipinski definition) is 1. The highest BCUT2D eigenvalue weighted by Crippen LogP contribution is 2.39. The molecule has 0 radical (unpaired) electrons. The van der Waals surface area contributed by atoms with Crippen LogP contribution in [0.15, 0.2) is 28.7 Å². The van der Waals surface area contributed by atoms with Crippen LogP contribution >= 0.6 is 11.6 Å². The Kier molecular flexibility index (Phi) is 8.66. The fraction of sp³-hybridized carbons (Fsp3) is 0.615. The summed E-state index contributed by atoms with van der Waals surface area (Å²) in [6.07, 6.45) is 8.55. The van der Waals surface area contributed by atoms with Crippen molar-refractivity contribution in [2.24, 2.45) is 5.92 Å². The van der Waals surface area contributed by atoms with Crippen LogP contribution in [0.5, 0.6) is 0 Å². The molecule has 1 aromatic carbocycles. The molecule has 7 heteroatoms. The summed E-state index contributed by atoms with van der Waals surface area (Å²) >= 11 is 6.55. The zero-order valence-electron chi connectivity index (χ0n) is 19.6. The topological polar surface area (TPSA) is 74.3 Å². The third-order valence-corrected chi connectivity index (χ3v) is 7.46. The van der Waals surface area contributed by atoms with E-state index in [1.165, 1.54) is 32.1 Å². The van der Waals surface area contributed by atoms with E-state index >= 15 is 0 Å². The van der Waals surface area contributed by atoms with E-state index in [0.29, 0.717) is 43.1 Å². The molecule has 0 spiro atoms. The Balaban J connectivity index is 1.45. The van der Waals surface area contributed by atoms with E-state index in [1.807, 2.05) is 18.2 Å². The highest BCUT2D eigenvalue weighted by molar-refractivity contribution is 6.31. The van der Waals surface area contributed by atoms with Gasteiger partial charge in [-0.2, -0.15) is 5.26 Å². The average Bonchev–Trinajstić information content (AvgIpc) is 3.28. The van der Waals surface area contributed by atoms with Crippen molar-refractivity contribution in [1.82, 2.24) is 9.88 Å². The van der Waals surface area contributed by atoms with E-state index in [2.05, 4.69) is 34.3 Å². The summed E-state index contributed by atoms with van der Waals surface area (Å²) < 4.78 is 11.7. The number of morpholine rings is 1. The van der Waals surface area contributed by atoms with Crippen molar-refractivity contribution in [3.05, 3.63) is 46.4 Å². The molecule has 2 aromatic rings. The minimum atomic E-state index is 0.0525. The second kappa shape index (κ2) is 11.9. The van der Waals surface area contributed by atoms with Gasteiger partial charge in [-0.25, -0.2) is 4.98 Å². The maximum Gasteiger partial charge on any atom is 0.232 e. The van der Waals surface area contributed by atoms with Gasteiger partial charge < -0.3 is 14.5 Å². The Morgan fingerprint density at radius 3 is 2.67 bits per heavy atom. The summed E-state index contributed by atoms with van der Waals surface area (Å²) in [6.45, 7) is 5.93. The van der Waals surface area contributed by atoms with Gasteiger partial charge in [0.15, 0.2) is 0 Å². The van der Waals surface area contributed by atoms with E-state index in [9.17, 15) is 5.26 Å². The third-order valence-electron chi connectivity index (χ3n) is 7.12. The molecule has 2 fully saturated rings. The molecule has 1 saturated heterocycles. The zero-order valence-corrected chi connectivity index (χ0v) is 20.3. The lowest BCUT2D eigenvalue weighted by atomic mass is 9.80. The molecule has 33 heavy (non-hydrogen) atoms. The normalized spacial score (nSPS) is 22.6. The van der Waals surface area contributed by atoms with E-state index in [1.54, 1.807) is 0 Å². The number of anilines is 1. The molecule has 1 atom stereocenters. The molecular formula is C26H35ClN4O2. The minimum absolute atomic E-state index is 0.0525. The smallest absolute Gasteiger partial charge is 0.232 e. The first-order valence-electron chi connectivity index (χ1n) is 12.4. The summed E-state index contributed by atoms with van der Waals surface area (Å²) in [7, 11) is 0. The standard InChI is InChI=1S/C26H35ClN4O2/c1-2-3-6-19-9-11-20(12-10-19)25-30-23(17-28)26(33-25)29-18-24(31-13-15-32-16-14-31)21-7-4-5-8-22(21)27/h4-5,7-8,19-20,24,29H,2-3,6,9-16,18H2,1H3. The largest absolute Gasteiger partial charge is 0.424 e. The van der Waals surface area contributed by atoms with Crippen LogP contribution in [-0.2, 0) is 4.74 Å². The van der Waals surface area contributed by atoms with Gasteiger partial charge in [-0.15, -0.1) is 0 Å². The molecule has 0 amide bonds. The third kappa shape index (κ3) is 6.09. The quantitative estimate of drug-likeness (QED) is 0.473. The summed E-state index contributed by atoms with van der Waals surface area (Å²) in [5.41, 5.74) is 1.41. The predicted octanol–water partition coefficient (Wildman–Crippen LogP) is 6.15. The summed E-state index contributed by atoms with van der Waals surface area (Å²) in [5, 5.41) is 13.8. The molecule has 4 rings (SSSR count). The van der Waals surface area contributed by atoms with Gasteiger partial charge in [-0.3, -0.25) is 4.90 Å². The van der Waals surface area contributed by atoms with Crippen molar-refractivity contribution in [3.63, 3.8) is 0 Å². The highest BCUT2D eigenvalue weighted by atomic mass is 35.5. The fourth-order valence-electron chi connectivity index (χ4n) is 5.16. The van der Waals surface area contributed by atoms with Crippen LogP contribution in [-0.4, -0.2) is 42.7 Å². The number of nitrogens with zero attached hydrogens (tertiary/aromatic N) is 3. The molecule has 1 unspecified atom stereocenters. The number of nitriles is 1. The lowest BCUT2D eigenvalue weighted by Gasteiger charge is -2.35. The lowest BCUT2D eigenvalue weighted by Crippen LogP contribution is -2.41. The number of oxazole rings is 1. The Morgan fingerprint density at radius 1 is 1.21 bits per heavy atom. The second-order valence-corrected chi connectivity index (χ2v) is 9.68. The van der Waals surface area contributed by atoms with Gasteiger partial charge in [0.1, 0.15) is 6.07 Å². The first kappa shape index (κ1) is 24.1. The van der Waals surface area contributed by atoms with Crippen LogP contribution in [0.25, 0.3) is 0 Å². The van der Waals surface area contributed by atoms with Crippen LogP contribution in [0.1, 0.15) is 81.0 Å². The van der Waals surface area contributed by atoms with Gasteiger partial charge in [0.25, 0.3) is 0 Å². The maximum absolute atomic E-state index is 9.68. The molecule has 6 nitrogen and oxygen atoms in total. The molecule has 1 aromatic heterocycles. The molecule has 1 aliphatic carbocycles. The summed E-state index contributed by atoms with van der Waals surface area (Å²) in [5.74, 6) is 2.33. The molecule has 2 aliphatic rings. The number of hydrogen-bond acceptors (Lipinski definition) is 6. The minimum Gasteiger partial charge on any atom is -0.424 e. The number of nitrogens with one attached hydrogen (secondary N) is 1. The van der Waals surface area contributed by atoms with E-state index in [0.717, 1.165) is 42.4 Å². The molecule has 1 aliphatic heterocycles. The average molecular weight is 471 g/mol. The van der Waals surface area contributed by atoms with Crippen LogP contribution in [0.4, 0.5) is 5.88 Å². The molecule has 0 bridgehead atoms. The van der Waals surface area contributed by atoms with Crippen molar-refractivity contribution < 1.29 is 9.15 Å². The fourth-order valence-corrected chi connectivity index (χ4v) is 5.42. The van der Waals surface area contributed by atoms with E-state index in [-0.39, 0.29) is 6.04 Å². The number of unbranched alkanes of at least 4 members (excludes halogenated alkanes) is 1. The molecule has 178 valence electrons. The van der Waals surface area contributed by atoms with Gasteiger partial charge in [0, 0.05) is 30.6 Å². The molecule has 1 saturated carbocycles. The highest BCUT2D eigenvalue weighted by Gasteiger charge is 2.29. The lowest BCUT2D eigenvalue weighted by molar-refractivity contribution is 0.0186. The zero-order chi connectivity index (χ0) is 23.0. The maximum atomic E-state index is 9.68. The first-order chi connectivity index (χ1) is 16.2. The monoisotopic (exact) mass is 470 g/mol. The Morgan fingerprint density at radius 2 is 1.97 bits per heavy atom. The van der Waals surface area contributed by atoms with Crippen molar-refractivity contribution in [1.29, 1.82) is 5.26 Å². The number of aromatic nitrogens is 1. The Hall–Kier alpha value is -2.07. The predicted molar refractivity (Wildman–Crippen MR) is 131 cm³/mol. The van der Waals surface area contributed by atoms with Crippen LogP contribution in [0, 0.1) is 17.2 Å². The van der Waals surface area contributed by atoms with Gasteiger partial charge in [-0.05, 0) is 43.2 Å². The number of halogens is 1. The first-order valence-corrected chi connectivity index (χ1v) is 12.8. The van der Waals surface area contributed by atoms with E-state index in [4.69, 9.17) is 20.8 Å². The summed E-state index contributed by atoms with van der Waals surface area (Å²) in [6, 6.07) is 10.2. The van der Waals surface area contributed by atoms with Crippen LogP contribution in [0.3, 0.4) is 0 Å². The van der Waals surface area contributed by atoms with Crippen molar-refractivity contribution >= 4 is 17.5 Å². The van der Waals surface area contributed by atoms with Crippen molar-refractivity contribution in [3.8, 4) is 6.07 Å². The molecule has 2 heterocycles. The Labute approximate surface area is 202 Å². The van der Waals surface area contributed by atoms with Crippen molar-refractivity contribution in [2.75, 3.05) is 38.2 Å². The van der Waals surface area contributed by atoms with Gasteiger partial charge in [0.05, 0.1) is 19.3 Å². The van der Waals surface area contributed by atoms with E-state index < -0.39 is 0 Å². The molecule has 1 N–H and O–H groups in total. The SMILES string of the molecule is CCCCC1CCC(c2nc(C#N)c(NCC(c3ccccc3Cl)N3CCOCC3)o2)CC1. The Bertz CT molecular complexity index is 927. The van der Waals surface area contributed by atoms with Crippen LogP contribution in [0.2, 0.25) is 5.02 Å². The summed E-state index contributed by atoms with van der Waals surface area (Å²) in [4.78, 5) is 6.94. The van der Waals surface area contributed by atoms with Gasteiger partial charge in [0.2, 0.25) is 17.5 Å². The number of benzene rings is 1. The van der Waals surface area contributed by atoms with Crippen LogP contribution < -0.4 is 5.32 Å². The van der Waals surface area contributed by atoms with Crippen molar-refractivity contribution in [2.45, 2.75) is 63.8 Å².